The van der Waals surface area contributed by atoms with Crippen molar-refractivity contribution in [1.29, 1.82) is 0 Å². The summed E-state index contributed by atoms with van der Waals surface area (Å²) in [6.07, 6.45) is 1.18. The summed E-state index contributed by atoms with van der Waals surface area (Å²) in [6.45, 7) is 5.29. The van der Waals surface area contributed by atoms with E-state index < -0.39 is 0 Å². The molecule has 0 bridgehead atoms. The molecular formula is C7H15NO. The summed E-state index contributed by atoms with van der Waals surface area (Å²) < 4.78 is 5.29. The SMILES string of the molecule is CCC(C)C1(NC)CO1. The Kier molecular flexibility index (Phi) is 1.78. The Morgan fingerprint density at radius 1 is 1.78 bits per heavy atom. The summed E-state index contributed by atoms with van der Waals surface area (Å²) >= 11 is 0. The third-order valence-electron chi connectivity index (χ3n) is 2.29. The summed E-state index contributed by atoms with van der Waals surface area (Å²) in [5, 5.41) is 3.18. The molecule has 2 unspecified atom stereocenters. The number of hydrogen-bond donors (Lipinski definition) is 1. The van der Waals surface area contributed by atoms with Gasteiger partial charge in [-0.05, 0) is 13.5 Å². The van der Waals surface area contributed by atoms with Crippen molar-refractivity contribution < 1.29 is 4.74 Å². The number of hydrogen-bond acceptors (Lipinski definition) is 2. The average molecular weight is 129 g/mol. The first-order valence-corrected chi connectivity index (χ1v) is 3.58. The Balaban J connectivity index is 2.39. The molecule has 0 aromatic heterocycles. The van der Waals surface area contributed by atoms with Gasteiger partial charge in [-0.1, -0.05) is 13.8 Å². The van der Waals surface area contributed by atoms with Gasteiger partial charge in [0.1, 0.15) is 5.72 Å². The van der Waals surface area contributed by atoms with Crippen LogP contribution in [0.5, 0.6) is 0 Å². The topological polar surface area (TPSA) is 24.6 Å². The number of nitrogens with one attached hydrogen (secondary N) is 1. The third-order valence-corrected chi connectivity index (χ3v) is 2.29. The van der Waals surface area contributed by atoms with Gasteiger partial charge in [-0.15, -0.1) is 0 Å². The van der Waals surface area contributed by atoms with Gasteiger partial charge in [0.25, 0.3) is 0 Å². The van der Waals surface area contributed by atoms with E-state index in [0.29, 0.717) is 5.92 Å². The summed E-state index contributed by atoms with van der Waals surface area (Å²) in [5.41, 5.74) is 0.0503. The third kappa shape index (κ3) is 1.10. The van der Waals surface area contributed by atoms with Crippen molar-refractivity contribution in [2.75, 3.05) is 13.7 Å². The molecule has 2 atom stereocenters. The van der Waals surface area contributed by atoms with Crippen LogP contribution < -0.4 is 5.32 Å². The van der Waals surface area contributed by atoms with Gasteiger partial charge in [0.05, 0.1) is 6.61 Å². The van der Waals surface area contributed by atoms with Crippen molar-refractivity contribution >= 4 is 0 Å². The van der Waals surface area contributed by atoms with Gasteiger partial charge in [0, 0.05) is 5.92 Å². The molecule has 9 heavy (non-hydrogen) atoms. The lowest BCUT2D eigenvalue weighted by molar-refractivity contribution is 0.192. The monoisotopic (exact) mass is 129 g/mol. The van der Waals surface area contributed by atoms with E-state index in [9.17, 15) is 0 Å². The molecule has 1 saturated heterocycles. The first-order chi connectivity index (χ1) is 4.25. The van der Waals surface area contributed by atoms with Gasteiger partial charge < -0.3 is 4.74 Å². The number of rotatable bonds is 3. The standard InChI is InChI=1S/C7H15NO/c1-4-6(2)7(8-3)5-9-7/h6,8H,4-5H2,1-3H3. The molecule has 0 aromatic rings. The van der Waals surface area contributed by atoms with Gasteiger partial charge in [-0.2, -0.15) is 0 Å². The molecule has 0 amide bonds. The van der Waals surface area contributed by atoms with Crippen LogP contribution in [0.15, 0.2) is 0 Å². The molecule has 0 aliphatic carbocycles. The maximum Gasteiger partial charge on any atom is 0.145 e. The van der Waals surface area contributed by atoms with Gasteiger partial charge in [-0.25, -0.2) is 0 Å². The molecule has 1 fully saturated rings. The Morgan fingerprint density at radius 2 is 2.33 bits per heavy atom. The Hall–Kier alpha value is -0.0800. The lowest BCUT2D eigenvalue weighted by Crippen LogP contribution is -2.35. The van der Waals surface area contributed by atoms with E-state index in [2.05, 4.69) is 19.2 Å². The van der Waals surface area contributed by atoms with E-state index in [-0.39, 0.29) is 5.72 Å². The zero-order chi connectivity index (χ0) is 6.91. The van der Waals surface area contributed by atoms with Crippen LogP contribution in [0.2, 0.25) is 0 Å². The smallest absolute Gasteiger partial charge is 0.145 e. The lowest BCUT2D eigenvalue weighted by Gasteiger charge is -2.16. The molecule has 0 saturated carbocycles. The maximum atomic E-state index is 5.29. The van der Waals surface area contributed by atoms with Crippen LogP contribution in [-0.2, 0) is 4.74 Å². The first kappa shape index (κ1) is 7.03. The Bertz CT molecular complexity index is 99.1. The van der Waals surface area contributed by atoms with Crippen LogP contribution in [0.3, 0.4) is 0 Å². The molecule has 54 valence electrons. The molecule has 0 radical (unpaired) electrons. The number of ether oxygens (including phenoxy) is 1. The van der Waals surface area contributed by atoms with Gasteiger partial charge in [0.2, 0.25) is 0 Å². The van der Waals surface area contributed by atoms with E-state index in [1.54, 1.807) is 0 Å². The molecule has 0 spiro atoms. The quantitative estimate of drug-likeness (QED) is 0.574. The summed E-state index contributed by atoms with van der Waals surface area (Å²) in [6, 6.07) is 0. The molecule has 1 rings (SSSR count). The van der Waals surface area contributed by atoms with Gasteiger partial charge in [-0.3, -0.25) is 5.32 Å². The zero-order valence-electron chi connectivity index (χ0n) is 6.40. The summed E-state index contributed by atoms with van der Waals surface area (Å²) in [4.78, 5) is 0. The molecular weight excluding hydrogens is 114 g/mol. The van der Waals surface area contributed by atoms with Crippen molar-refractivity contribution in [2.45, 2.75) is 26.0 Å². The van der Waals surface area contributed by atoms with Gasteiger partial charge in [0.15, 0.2) is 0 Å². The van der Waals surface area contributed by atoms with Crippen LogP contribution in [0.4, 0.5) is 0 Å². The predicted molar refractivity (Wildman–Crippen MR) is 37.2 cm³/mol. The van der Waals surface area contributed by atoms with Crippen molar-refractivity contribution in [3.63, 3.8) is 0 Å². The first-order valence-electron chi connectivity index (χ1n) is 3.58. The highest BCUT2D eigenvalue weighted by molar-refractivity contribution is 4.91. The Labute approximate surface area is 56.6 Å². The highest BCUT2D eigenvalue weighted by Crippen LogP contribution is 2.33. The minimum atomic E-state index is 0.0503. The molecule has 2 heteroatoms. The molecule has 1 heterocycles. The fourth-order valence-corrected chi connectivity index (χ4v) is 1.08. The van der Waals surface area contributed by atoms with Crippen molar-refractivity contribution in [3.05, 3.63) is 0 Å². The zero-order valence-corrected chi connectivity index (χ0v) is 6.40. The van der Waals surface area contributed by atoms with Gasteiger partial charge >= 0.3 is 0 Å². The highest BCUT2D eigenvalue weighted by atomic mass is 16.6. The number of epoxide rings is 1. The van der Waals surface area contributed by atoms with Crippen LogP contribution in [0.25, 0.3) is 0 Å². The predicted octanol–water partition coefficient (Wildman–Crippen LogP) is 0.978. The maximum absolute atomic E-state index is 5.29. The van der Waals surface area contributed by atoms with Crippen molar-refractivity contribution in [3.8, 4) is 0 Å². The molecule has 1 N–H and O–H groups in total. The highest BCUT2D eigenvalue weighted by Gasteiger charge is 2.47. The van der Waals surface area contributed by atoms with E-state index in [4.69, 9.17) is 4.74 Å². The van der Waals surface area contributed by atoms with Crippen LogP contribution in [0.1, 0.15) is 20.3 Å². The lowest BCUT2D eigenvalue weighted by atomic mass is 10.0. The second-order valence-electron chi connectivity index (χ2n) is 2.74. The molecule has 2 nitrogen and oxygen atoms in total. The molecule has 1 aliphatic rings. The second kappa shape index (κ2) is 2.27. The minimum Gasteiger partial charge on any atom is -0.353 e. The average Bonchev–Trinajstić information content (AvgIpc) is 2.66. The summed E-state index contributed by atoms with van der Waals surface area (Å²) in [7, 11) is 1.96. The van der Waals surface area contributed by atoms with Crippen LogP contribution >= 0.6 is 0 Å². The molecule has 1 aliphatic heterocycles. The van der Waals surface area contributed by atoms with E-state index in [1.807, 2.05) is 7.05 Å². The van der Waals surface area contributed by atoms with E-state index in [0.717, 1.165) is 6.61 Å². The largest absolute Gasteiger partial charge is 0.353 e. The normalized spacial score (nSPS) is 36.3. The fourth-order valence-electron chi connectivity index (χ4n) is 1.08. The van der Waals surface area contributed by atoms with E-state index in [1.165, 1.54) is 6.42 Å². The minimum absolute atomic E-state index is 0.0503. The summed E-state index contributed by atoms with van der Waals surface area (Å²) in [5.74, 6) is 0.641. The van der Waals surface area contributed by atoms with Crippen LogP contribution in [-0.4, -0.2) is 19.4 Å². The second-order valence-corrected chi connectivity index (χ2v) is 2.74. The van der Waals surface area contributed by atoms with E-state index >= 15 is 0 Å². The van der Waals surface area contributed by atoms with Crippen molar-refractivity contribution in [1.82, 2.24) is 5.32 Å². The number of likely N-dealkylation sites (N-methyl/N-ethyl adjacent to an activating group) is 1. The van der Waals surface area contributed by atoms with Crippen molar-refractivity contribution in [2.24, 2.45) is 5.92 Å². The Morgan fingerprint density at radius 3 is 2.44 bits per heavy atom. The molecule has 0 aromatic carbocycles. The van der Waals surface area contributed by atoms with Crippen LogP contribution in [0, 0.1) is 5.92 Å². The fraction of sp³-hybridized carbons (Fsp3) is 1.00.